The van der Waals surface area contributed by atoms with E-state index in [0.717, 1.165) is 16.3 Å². The number of hydrogen-bond donors (Lipinski definition) is 2. The van der Waals surface area contributed by atoms with Crippen molar-refractivity contribution in [3.8, 4) is 0 Å². The molecule has 0 aliphatic rings. The number of aryl methyl sites for hydroxylation is 3. The lowest BCUT2D eigenvalue weighted by molar-refractivity contribution is 0.991. The van der Waals surface area contributed by atoms with Gasteiger partial charge in [-0.2, -0.15) is 0 Å². The lowest BCUT2D eigenvalue weighted by atomic mass is 10.1. The number of hydrogen-bond acceptors (Lipinski definition) is 5. The second kappa shape index (κ2) is 6.04. The van der Waals surface area contributed by atoms with Crippen LogP contribution >= 0.6 is 11.8 Å². The molecule has 0 spiro atoms. The highest BCUT2D eigenvalue weighted by molar-refractivity contribution is 7.98. The molecule has 4 nitrogen and oxygen atoms in total. The van der Waals surface area contributed by atoms with Gasteiger partial charge < -0.3 is 0 Å². The fourth-order valence-electron chi connectivity index (χ4n) is 1.95. The van der Waals surface area contributed by atoms with Gasteiger partial charge in [0.2, 0.25) is 5.95 Å². The molecule has 0 aliphatic heterocycles. The van der Waals surface area contributed by atoms with Crippen LogP contribution < -0.4 is 11.3 Å². The van der Waals surface area contributed by atoms with Gasteiger partial charge in [0.15, 0.2) is 0 Å². The van der Waals surface area contributed by atoms with E-state index in [1.807, 2.05) is 6.92 Å². The molecule has 3 N–H and O–H groups in total. The number of hydrazine groups is 1. The molecule has 0 fully saturated rings. The van der Waals surface area contributed by atoms with Gasteiger partial charge in [-0.3, -0.25) is 5.43 Å². The molecule has 0 radical (unpaired) electrons. The molecule has 0 atom stereocenters. The van der Waals surface area contributed by atoms with Crippen LogP contribution in [0.15, 0.2) is 29.4 Å². The van der Waals surface area contributed by atoms with Crippen LogP contribution in [0.3, 0.4) is 0 Å². The standard InChI is InChI=1S/C14H18N4S/c1-9-4-10(2)6-12(5-9)8-19-13-11(3)7-16-14(17-13)18-15/h4-7H,8,15H2,1-3H3,(H,16,17,18). The molecule has 1 aromatic carbocycles. The second-order valence-electron chi connectivity index (χ2n) is 4.61. The Balaban J connectivity index is 2.13. The van der Waals surface area contributed by atoms with E-state index in [2.05, 4.69) is 47.4 Å². The molecule has 0 bridgehead atoms. The maximum Gasteiger partial charge on any atom is 0.238 e. The smallest absolute Gasteiger partial charge is 0.238 e. The summed E-state index contributed by atoms with van der Waals surface area (Å²) in [5.74, 6) is 6.68. The van der Waals surface area contributed by atoms with Gasteiger partial charge in [0.05, 0.1) is 0 Å². The van der Waals surface area contributed by atoms with Crippen molar-refractivity contribution >= 4 is 17.7 Å². The molecule has 19 heavy (non-hydrogen) atoms. The van der Waals surface area contributed by atoms with E-state index in [1.165, 1.54) is 16.7 Å². The first-order valence-electron chi connectivity index (χ1n) is 6.08. The van der Waals surface area contributed by atoms with Gasteiger partial charge in [0, 0.05) is 11.9 Å². The Morgan fingerprint density at radius 2 is 1.84 bits per heavy atom. The first kappa shape index (κ1) is 13.8. The Labute approximate surface area is 117 Å². The molecular weight excluding hydrogens is 256 g/mol. The summed E-state index contributed by atoms with van der Waals surface area (Å²) in [5.41, 5.74) is 7.43. The summed E-state index contributed by atoms with van der Waals surface area (Å²) in [5, 5.41) is 0.960. The second-order valence-corrected chi connectivity index (χ2v) is 5.57. The average Bonchev–Trinajstić information content (AvgIpc) is 2.37. The fraction of sp³-hybridized carbons (Fsp3) is 0.286. The summed E-state index contributed by atoms with van der Waals surface area (Å²) in [6.07, 6.45) is 1.78. The van der Waals surface area contributed by atoms with E-state index in [9.17, 15) is 0 Å². The maximum atomic E-state index is 5.33. The van der Waals surface area contributed by atoms with Crippen LogP contribution in [0.4, 0.5) is 5.95 Å². The number of nitrogens with zero attached hydrogens (tertiary/aromatic N) is 2. The predicted molar refractivity (Wildman–Crippen MR) is 80.1 cm³/mol. The molecule has 2 aromatic rings. The van der Waals surface area contributed by atoms with Crippen LogP contribution in [0, 0.1) is 20.8 Å². The lowest BCUT2D eigenvalue weighted by Crippen LogP contribution is -2.10. The number of nitrogens with one attached hydrogen (secondary N) is 1. The molecule has 0 amide bonds. The Bertz CT molecular complexity index is 563. The molecule has 0 unspecified atom stereocenters. The number of rotatable bonds is 4. The zero-order chi connectivity index (χ0) is 13.8. The van der Waals surface area contributed by atoms with E-state index in [4.69, 9.17) is 5.84 Å². The number of thioether (sulfide) groups is 1. The quantitative estimate of drug-likeness (QED) is 0.388. The minimum Gasteiger partial charge on any atom is -0.292 e. The topological polar surface area (TPSA) is 63.8 Å². The van der Waals surface area contributed by atoms with Crippen molar-refractivity contribution in [1.29, 1.82) is 0 Å². The van der Waals surface area contributed by atoms with Crippen molar-refractivity contribution in [3.63, 3.8) is 0 Å². The van der Waals surface area contributed by atoms with Crippen LogP contribution in [-0.2, 0) is 5.75 Å². The largest absolute Gasteiger partial charge is 0.292 e. The molecule has 0 saturated carbocycles. The van der Waals surface area contributed by atoms with Crippen molar-refractivity contribution in [1.82, 2.24) is 9.97 Å². The third-order valence-electron chi connectivity index (χ3n) is 2.71. The van der Waals surface area contributed by atoms with Crippen molar-refractivity contribution in [2.75, 3.05) is 5.43 Å². The third kappa shape index (κ3) is 3.68. The highest BCUT2D eigenvalue weighted by Crippen LogP contribution is 2.25. The van der Waals surface area contributed by atoms with Gasteiger partial charge in [-0.05, 0) is 31.9 Å². The summed E-state index contributed by atoms with van der Waals surface area (Å²) < 4.78 is 0. The van der Waals surface area contributed by atoms with E-state index in [-0.39, 0.29) is 0 Å². The molecule has 0 aliphatic carbocycles. The number of aromatic nitrogens is 2. The molecule has 2 rings (SSSR count). The van der Waals surface area contributed by atoms with Crippen molar-refractivity contribution in [2.45, 2.75) is 31.6 Å². The van der Waals surface area contributed by atoms with Gasteiger partial charge >= 0.3 is 0 Å². The normalized spacial score (nSPS) is 10.5. The monoisotopic (exact) mass is 274 g/mol. The molecule has 0 saturated heterocycles. The first-order chi connectivity index (χ1) is 9.08. The van der Waals surface area contributed by atoms with Crippen molar-refractivity contribution < 1.29 is 0 Å². The molecule has 100 valence electrons. The van der Waals surface area contributed by atoms with Crippen LogP contribution in [0.2, 0.25) is 0 Å². The molecule has 1 aromatic heterocycles. The zero-order valence-electron chi connectivity index (χ0n) is 11.4. The van der Waals surface area contributed by atoms with Gasteiger partial charge in [-0.15, -0.1) is 11.8 Å². The van der Waals surface area contributed by atoms with Gasteiger partial charge in [0.1, 0.15) is 5.03 Å². The van der Waals surface area contributed by atoms with Crippen LogP contribution in [0.25, 0.3) is 0 Å². The first-order valence-corrected chi connectivity index (χ1v) is 7.07. The lowest BCUT2D eigenvalue weighted by Gasteiger charge is -2.07. The minimum absolute atomic E-state index is 0.452. The highest BCUT2D eigenvalue weighted by atomic mass is 32.2. The Morgan fingerprint density at radius 1 is 1.16 bits per heavy atom. The summed E-state index contributed by atoms with van der Waals surface area (Å²) in [6.45, 7) is 6.24. The Hall–Kier alpha value is -1.59. The zero-order valence-corrected chi connectivity index (χ0v) is 12.2. The van der Waals surface area contributed by atoms with Gasteiger partial charge in [-0.1, -0.05) is 29.3 Å². The third-order valence-corrected chi connectivity index (χ3v) is 3.88. The van der Waals surface area contributed by atoms with Crippen molar-refractivity contribution in [3.05, 3.63) is 46.6 Å². The number of benzene rings is 1. The summed E-state index contributed by atoms with van der Waals surface area (Å²) in [4.78, 5) is 8.45. The van der Waals surface area contributed by atoms with Crippen LogP contribution in [0.1, 0.15) is 22.3 Å². The summed E-state index contributed by atoms with van der Waals surface area (Å²) in [6, 6.07) is 6.60. The number of nitrogen functional groups attached to an aromatic ring is 1. The Morgan fingerprint density at radius 3 is 2.47 bits per heavy atom. The van der Waals surface area contributed by atoms with E-state index in [0.29, 0.717) is 5.95 Å². The minimum atomic E-state index is 0.452. The SMILES string of the molecule is Cc1cc(C)cc(CSc2nc(NN)ncc2C)c1. The van der Waals surface area contributed by atoms with E-state index < -0.39 is 0 Å². The van der Waals surface area contributed by atoms with Gasteiger partial charge in [0.25, 0.3) is 0 Å². The number of nitrogens with two attached hydrogens (primary N) is 1. The molecule has 5 heteroatoms. The van der Waals surface area contributed by atoms with Crippen LogP contribution in [-0.4, -0.2) is 9.97 Å². The average molecular weight is 274 g/mol. The Kier molecular flexibility index (Phi) is 4.39. The summed E-state index contributed by atoms with van der Waals surface area (Å²) in [7, 11) is 0. The van der Waals surface area contributed by atoms with Crippen LogP contribution in [0.5, 0.6) is 0 Å². The molecule has 1 heterocycles. The molecular formula is C14H18N4S. The maximum absolute atomic E-state index is 5.33. The van der Waals surface area contributed by atoms with Gasteiger partial charge in [-0.25, -0.2) is 15.8 Å². The highest BCUT2D eigenvalue weighted by Gasteiger charge is 2.05. The summed E-state index contributed by atoms with van der Waals surface area (Å²) >= 11 is 1.70. The van der Waals surface area contributed by atoms with E-state index in [1.54, 1.807) is 18.0 Å². The van der Waals surface area contributed by atoms with E-state index >= 15 is 0 Å². The van der Waals surface area contributed by atoms with Crippen molar-refractivity contribution in [2.24, 2.45) is 5.84 Å². The number of anilines is 1. The fourth-order valence-corrected chi connectivity index (χ4v) is 2.85. The predicted octanol–water partition coefficient (Wildman–Crippen LogP) is 2.98.